The highest BCUT2D eigenvalue weighted by atomic mass is 79.9. The third-order valence-electron chi connectivity index (χ3n) is 1.52. The molecular formula is C8H9BrO3S. The predicted molar refractivity (Wildman–Crippen MR) is 54.2 cm³/mol. The normalized spacial score (nSPS) is 10.8. The smallest absolute Gasteiger partial charge is 0.222 e. The number of methoxy groups -OCH3 is 2. The highest BCUT2D eigenvalue weighted by molar-refractivity contribution is 9.10. The number of hydrogen-bond acceptors (Lipinski definition) is 4. The lowest BCUT2D eigenvalue weighted by Gasteiger charge is -2.10. The summed E-state index contributed by atoms with van der Waals surface area (Å²) in [6, 6.07) is 0. The van der Waals surface area contributed by atoms with Crippen molar-refractivity contribution in [3.63, 3.8) is 0 Å². The maximum absolute atomic E-state index is 11.6. The summed E-state index contributed by atoms with van der Waals surface area (Å²) >= 11 is 4.73. The molecule has 0 amide bonds. The number of ketones is 1. The fourth-order valence-corrected chi connectivity index (χ4v) is 2.37. The van der Waals surface area contributed by atoms with Gasteiger partial charge in [-0.2, -0.15) is 11.3 Å². The number of carbonyl (C=O) groups is 1. The van der Waals surface area contributed by atoms with Gasteiger partial charge in [0.05, 0.1) is 0 Å². The van der Waals surface area contributed by atoms with E-state index in [1.807, 2.05) is 5.38 Å². The van der Waals surface area contributed by atoms with E-state index >= 15 is 0 Å². The molecule has 0 saturated carbocycles. The van der Waals surface area contributed by atoms with E-state index in [2.05, 4.69) is 15.9 Å². The van der Waals surface area contributed by atoms with Crippen molar-refractivity contribution in [3.05, 3.63) is 20.8 Å². The van der Waals surface area contributed by atoms with Gasteiger partial charge in [0.1, 0.15) is 0 Å². The Kier molecular flexibility index (Phi) is 4.05. The van der Waals surface area contributed by atoms with Gasteiger partial charge in [-0.15, -0.1) is 0 Å². The van der Waals surface area contributed by atoms with Crippen LogP contribution in [0.15, 0.2) is 15.2 Å². The molecule has 1 aromatic heterocycles. The van der Waals surface area contributed by atoms with E-state index in [1.165, 1.54) is 25.6 Å². The quantitative estimate of drug-likeness (QED) is 0.619. The maximum atomic E-state index is 11.6. The van der Waals surface area contributed by atoms with Gasteiger partial charge in [0.2, 0.25) is 12.1 Å². The molecule has 5 heteroatoms. The van der Waals surface area contributed by atoms with Crippen molar-refractivity contribution in [3.8, 4) is 0 Å². The summed E-state index contributed by atoms with van der Waals surface area (Å²) in [7, 11) is 2.87. The topological polar surface area (TPSA) is 35.5 Å². The Labute approximate surface area is 88.8 Å². The molecule has 0 aliphatic rings. The number of Topliss-reactive ketones (excluding diaryl/α,β-unsaturated/α-hetero) is 1. The Morgan fingerprint density at radius 1 is 1.46 bits per heavy atom. The third kappa shape index (κ3) is 2.37. The molecule has 3 nitrogen and oxygen atoms in total. The van der Waals surface area contributed by atoms with Crippen LogP contribution < -0.4 is 0 Å². The molecule has 1 rings (SSSR count). The fourth-order valence-electron chi connectivity index (χ4n) is 0.895. The molecule has 0 aliphatic heterocycles. The molecule has 0 bridgehead atoms. The first kappa shape index (κ1) is 10.8. The van der Waals surface area contributed by atoms with Crippen LogP contribution in [0.4, 0.5) is 0 Å². The summed E-state index contributed by atoms with van der Waals surface area (Å²) in [4.78, 5) is 11.6. The highest BCUT2D eigenvalue weighted by Gasteiger charge is 2.21. The number of thiophene rings is 1. The molecule has 13 heavy (non-hydrogen) atoms. The lowest BCUT2D eigenvalue weighted by Crippen LogP contribution is -2.24. The van der Waals surface area contributed by atoms with Crippen molar-refractivity contribution in [1.29, 1.82) is 0 Å². The predicted octanol–water partition coefficient (Wildman–Crippen LogP) is 2.31. The SMILES string of the molecule is COC(OC)C(=O)c1cscc1Br. The van der Waals surface area contributed by atoms with Crippen molar-refractivity contribution in [1.82, 2.24) is 0 Å². The van der Waals surface area contributed by atoms with Crippen molar-refractivity contribution in [2.24, 2.45) is 0 Å². The van der Waals surface area contributed by atoms with E-state index in [9.17, 15) is 4.79 Å². The number of carbonyl (C=O) groups excluding carboxylic acids is 1. The molecule has 72 valence electrons. The van der Waals surface area contributed by atoms with Crippen molar-refractivity contribution < 1.29 is 14.3 Å². The second kappa shape index (κ2) is 4.85. The molecule has 0 aromatic carbocycles. The summed E-state index contributed by atoms with van der Waals surface area (Å²) < 4.78 is 10.5. The van der Waals surface area contributed by atoms with Gasteiger partial charge in [0, 0.05) is 35.0 Å². The van der Waals surface area contributed by atoms with E-state index in [-0.39, 0.29) is 5.78 Å². The summed E-state index contributed by atoms with van der Waals surface area (Å²) in [5.74, 6) is -0.168. The van der Waals surface area contributed by atoms with Crippen LogP contribution in [-0.2, 0) is 9.47 Å². The lowest BCUT2D eigenvalue weighted by molar-refractivity contribution is -0.0742. The van der Waals surface area contributed by atoms with Gasteiger partial charge >= 0.3 is 0 Å². The van der Waals surface area contributed by atoms with Gasteiger partial charge in [-0.1, -0.05) is 0 Å². The van der Waals surface area contributed by atoms with Crippen LogP contribution in [0.3, 0.4) is 0 Å². The Morgan fingerprint density at radius 2 is 2.08 bits per heavy atom. The van der Waals surface area contributed by atoms with E-state index in [0.717, 1.165) is 4.47 Å². The first-order valence-corrected chi connectivity index (χ1v) is 5.25. The van der Waals surface area contributed by atoms with Crippen LogP contribution in [0.5, 0.6) is 0 Å². The van der Waals surface area contributed by atoms with Crippen molar-refractivity contribution >= 4 is 33.0 Å². The maximum Gasteiger partial charge on any atom is 0.222 e. The van der Waals surface area contributed by atoms with Crippen LogP contribution in [0, 0.1) is 0 Å². The number of halogens is 1. The molecule has 0 saturated heterocycles. The minimum absolute atomic E-state index is 0.168. The number of hydrogen-bond donors (Lipinski definition) is 0. The van der Waals surface area contributed by atoms with E-state index in [1.54, 1.807) is 5.38 Å². The first-order chi connectivity index (χ1) is 6.20. The van der Waals surface area contributed by atoms with Crippen LogP contribution in [-0.4, -0.2) is 26.3 Å². The standard InChI is InChI=1S/C8H9BrO3S/c1-11-8(12-2)7(10)5-3-13-4-6(5)9/h3-4,8H,1-2H3. The van der Waals surface area contributed by atoms with Gasteiger partial charge in [-0.3, -0.25) is 4.79 Å². The summed E-state index contributed by atoms with van der Waals surface area (Å²) in [6.45, 7) is 0. The summed E-state index contributed by atoms with van der Waals surface area (Å²) in [5.41, 5.74) is 0.596. The number of rotatable bonds is 4. The zero-order chi connectivity index (χ0) is 9.84. The van der Waals surface area contributed by atoms with Gasteiger partial charge in [0.25, 0.3) is 0 Å². The molecule has 1 heterocycles. The zero-order valence-corrected chi connectivity index (χ0v) is 9.65. The van der Waals surface area contributed by atoms with E-state index in [0.29, 0.717) is 5.56 Å². The molecule has 0 N–H and O–H groups in total. The highest BCUT2D eigenvalue weighted by Crippen LogP contribution is 2.23. The average molecular weight is 265 g/mol. The largest absolute Gasteiger partial charge is 0.349 e. The zero-order valence-electron chi connectivity index (χ0n) is 7.24. The molecule has 1 aromatic rings. The van der Waals surface area contributed by atoms with Gasteiger partial charge in [-0.25, -0.2) is 0 Å². The third-order valence-corrected chi connectivity index (χ3v) is 3.23. The summed E-state index contributed by atoms with van der Waals surface area (Å²) in [6.07, 6.45) is -0.814. The van der Waals surface area contributed by atoms with Crippen molar-refractivity contribution in [2.75, 3.05) is 14.2 Å². The molecule has 0 unspecified atom stereocenters. The van der Waals surface area contributed by atoms with E-state index in [4.69, 9.17) is 9.47 Å². The monoisotopic (exact) mass is 264 g/mol. The molecule has 0 atom stereocenters. The molecule has 0 fully saturated rings. The fraction of sp³-hybridized carbons (Fsp3) is 0.375. The molecular weight excluding hydrogens is 256 g/mol. The molecule has 0 spiro atoms. The Bertz CT molecular complexity index is 293. The van der Waals surface area contributed by atoms with E-state index < -0.39 is 6.29 Å². The van der Waals surface area contributed by atoms with Crippen LogP contribution in [0.2, 0.25) is 0 Å². The van der Waals surface area contributed by atoms with Crippen LogP contribution >= 0.6 is 27.3 Å². The van der Waals surface area contributed by atoms with Gasteiger partial charge < -0.3 is 9.47 Å². The Hall–Kier alpha value is -0.230. The van der Waals surface area contributed by atoms with Gasteiger partial charge in [-0.05, 0) is 15.9 Å². The number of ether oxygens (including phenoxy) is 2. The van der Waals surface area contributed by atoms with Crippen molar-refractivity contribution in [2.45, 2.75) is 6.29 Å². The second-order valence-electron chi connectivity index (χ2n) is 2.30. The Morgan fingerprint density at radius 3 is 2.46 bits per heavy atom. The summed E-state index contributed by atoms with van der Waals surface area (Å²) in [5, 5.41) is 3.60. The second-order valence-corrected chi connectivity index (χ2v) is 3.90. The minimum atomic E-state index is -0.814. The average Bonchev–Trinajstić information content (AvgIpc) is 2.53. The lowest BCUT2D eigenvalue weighted by atomic mass is 10.2. The van der Waals surface area contributed by atoms with Gasteiger partial charge in [0.15, 0.2) is 0 Å². The van der Waals surface area contributed by atoms with Crippen LogP contribution in [0.25, 0.3) is 0 Å². The minimum Gasteiger partial charge on any atom is -0.349 e. The molecule has 0 aliphatic carbocycles. The molecule has 0 radical (unpaired) electrons. The Balaban J connectivity index is 2.84. The van der Waals surface area contributed by atoms with Crippen LogP contribution in [0.1, 0.15) is 10.4 Å². The first-order valence-electron chi connectivity index (χ1n) is 3.52.